The minimum atomic E-state index is -3.11. The van der Waals surface area contributed by atoms with Gasteiger partial charge < -0.3 is 15.4 Å². The number of hydrogen-bond donors (Lipinski definition) is 2. The summed E-state index contributed by atoms with van der Waals surface area (Å²) < 4.78 is 51.0. The van der Waals surface area contributed by atoms with Crippen molar-refractivity contribution in [2.75, 3.05) is 25.6 Å². The minimum absolute atomic E-state index is 0.0190. The van der Waals surface area contributed by atoms with Gasteiger partial charge in [-0.3, -0.25) is 9.48 Å². The van der Waals surface area contributed by atoms with Crippen LogP contribution >= 0.6 is 0 Å². The Morgan fingerprint density at radius 3 is 2.66 bits per heavy atom. The van der Waals surface area contributed by atoms with Gasteiger partial charge in [0.25, 0.3) is 12.3 Å². The molecule has 12 heteroatoms. The number of nitrogens with zero attached hydrogens (tertiary/aromatic N) is 5. The third-order valence-electron chi connectivity index (χ3n) is 5.90. The summed E-state index contributed by atoms with van der Waals surface area (Å²) in [5.74, 6) is -1.24. The van der Waals surface area contributed by atoms with Crippen molar-refractivity contribution in [1.82, 2.24) is 29.7 Å². The number of alkyl halides is 2. The van der Waals surface area contributed by atoms with Crippen LogP contribution in [0.1, 0.15) is 28.8 Å². The fourth-order valence-corrected chi connectivity index (χ4v) is 4.10. The van der Waals surface area contributed by atoms with E-state index in [9.17, 15) is 13.6 Å². The second kappa shape index (κ2) is 9.02. The summed E-state index contributed by atoms with van der Waals surface area (Å²) in [7, 11) is 3.16. The average molecular weight is 485 g/mol. The first-order valence-electron chi connectivity index (χ1n) is 10.9. The number of aromatic nitrogens is 5. The Bertz CT molecular complexity index is 1410. The van der Waals surface area contributed by atoms with Crippen LogP contribution in [-0.4, -0.2) is 56.6 Å². The molecule has 182 valence electrons. The van der Waals surface area contributed by atoms with Gasteiger partial charge in [0, 0.05) is 60.9 Å². The van der Waals surface area contributed by atoms with Crippen LogP contribution in [0.2, 0.25) is 0 Å². The van der Waals surface area contributed by atoms with Crippen LogP contribution in [0.15, 0.2) is 36.9 Å². The summed E-state index contributed by atoms with van der Waals surface area (Å²) in [5.41, 5.74) is 0.771. The fraction of sp³-hybridized carbons (Fsp3) is 0.304. The second-order valence-corrected chi connectivity index (χ2v) is 8.24. The molecule has 1 aromatic carbocycles. The first-order valence-corrected chi connectivity index (χ1v) is 10.9. The van der Waals surface area contributed by atoms with Crippen LogP contribution < -0.4 is 10.6 Å². The molecular formula is C23H22F3N7O2. The first kappa shape index (κ1) is 22.8. The average Bonchev–Trinajstić information content (AvgIpc) is 3.59. The molecule has 0 radical (unpaired) electrons. The molecule has 5 rings (SSSR count). The normalized spacial score (nSPS) is 15.8. The highest BCUT2D eigenvalue weighted by Crippen LogP contribution is 2.35. The predicted molar refractivity (Wildman–Crippen MR) is 122 cm³/mol. The van der Waals surface area contributed by atoms with Gasteiger partial charge in [-0.25, -0.2) is 22.7 Å². The molecule has 35 heavy (non-hydrogen) atoms. The van der Waals surface area contributed by atoms with Gasteiger partial charge in [-0.15, -0.1) is 0 Å². The van der Waals surface area contributed by atoms with Gasteiger partial charge in [-0.1, -0.05) is 0 Å². The number of ether oxygens (including phenoxy) is 1. The van der Waals surface area contributed by atoms with Crippen LogP contribution in [0.5, 0.6) is 0 Å². The molecule has 1 amide bonds. The number of carbonyl (C=O) groups is 1. The zero-order valence-electron chi connectivity index (χ0n) is 18.9. The summed E-state index contributed by atoms with van der Waals surface area (Å²) in [6.45, 7) is 1.12. The zero-order chi connectivity index (χ0) is 24.7. The lowest BCUT2D eigenvalue weighted by Gasteiger charge is -2.15. The van der Waals surface area contributed by atoms with Crippen LogP contribution in [-0.2, 0) is 11.8 Å². The summed E-state index contributed by atoms with van der Waals surface area (Å²) in [5, 5.41) is 14.3. The van der Waals surface area contributed by atoms with E-state index < -0.39 is 23.7 Å². The fourth-order valence-electron chi connectivity index (χ4n) is 4.10. The highest BCUT2D eigenvalue weighted by Gasteiger charge is 2.25. The van der Waals surface area contributed by atoms with Gasteiger partial charge in [-0.2, -0.15) is 10.2 Å². The third kappa shape index (κ3) is 4.20. The maximum absolute atomic E-state index is 15.2. The first-order chi connectivity index (χ1) is 16.9. The lowest BCUT2D eigenvalue weighted by atomic mass is 10.00. The maximum atomic E-state index is 15.2. The number of nitrogens with one attached hydrogen (secondary N) is 2. The molecule has 4 aromatic rings. The van der Waals surface area contributed by atoms with E-state index in [1.54, 1.807) is 24.1 Å². The van der Waals surface area contributed by atoms with E-state index in [1.807, 2.05) is 6.20 Å². The Kier molecular flexibility index (Phi) is 5.89. The van der Waals surface area contributed by atoms with Crippen molar-refractivity contribution in [2.24, 2.45) is 7.05 Å². The molecule has 2 N–H and O–H groups in total. The summed E-state index contributed by atoms with van der Waals surface area (Å²) in [6.07, 6.45) is 4.25. The summed E-state index contributed by atoms with van der Waals surface area (Å²) in [6, 6.07) is 2.10. The van der Waals surface area contributed by atoms with E-state index >= 15 is 4.39 Å². The number of halogens is 3. The van der Waals surface area contributed by atoms with Crippen molar-refractivity contribution in [2.45, 2.75) is 18.9 Å². The lowest BCUT2D eigenvalue weighted by Crippen LogP contribution is -2.20. The Hall–Kier alpha value is -3.93. The number of anilines is 1. The number of hydrogen-bond acceptors (Lipinski definition) is 6. The van der Waals surface area contributed by atoms with E-state index in [4.69, 9.17) is 9.72 Å². The largest absolute Gasteiger partial charge is 0.379 e. The SMILES string of the molecule is CNC(=O)c1cc(-c2cnn3cc(-c4cnn(C)c4)c(N[C@H]4CCOC4)nc23)c(F)c(C(F)F)c1. The van der Waals surface area contributed by atoms with Gasteiger partial charge in [-0.05, 0) is 18.6 Å². The Balaban J connectivity index is 1.70. The predicted octanol–water partition coefficient (Wildman–Crippen LogP) is 3.43. The Morgan fingerprint density at radius 2 is 2.00 bits per heavy atom. The molecule has 0 saturated carbocycles. The molecule has 1 aliphatic heterocycles. The minimum Gasteiger partial charge on any atom is -0.379 e. The van der Waals surface area contributed by atoms with Crippen LogP contribution in [0, 0.1) is 5.82 Å². The highest BCUT2D eigenvalue weighted by atomic mass is 19.3. The quantitative estimate of drug-likeness (QED) is 0.434. The monoisotopic (exact) mass is 485 g/mol. The maximum Gasteiger partial charge on any atom is 0.266 e. The van der Waals surface area contributed by atoms with E-state index in [2.05, 4.69) is 20.8 Å². The van der Waals surface area contributed by atoms with Crippen molar-refractivity contribution in [1.29, 1.82) is 0 Å². The summed E-state index contributed by atoms with van der Waals surface area (Å²) >= 11 is 0. The molecule has 0 aliphatic carbocycles. The van der Waals surface area contributed by atoms with Gasteiger partial charge in [0.15, 0.2) is 5.65 Å². The number of aryl methyl sites for hydroxylation is 1. The number of carbonyl (C=O) groups excluding carboxylic acids is 1. The standard InChI is InChI=1S/C23H22F3N7O2/c1-27-23(34)12-5-15(19(24)16(6-12)20(25)26)17-8-29-33-10-18(13-7-28-32(2)9-13)21(31-22(17)33)30-14-3-4-35-11-14/h5-10,14,20H,3-4,11H2,1-2H3,(H,27,34)(H,30,31)/t14-/m0/s1. The smallest absolute Gasteiger partial charge is 0.266 e. The molecule has 0 spiro atoms. The number of rotatable bonds is 6. The van der Waals surface area contributed by atoms with Gasteiger partial charge in [0.1, 0.15) is 11.6 Å². The Morgan fingerprint density at radius 1 is 1.17 bits per heavy atom. The molecule has 1 fully saturated rings. The number of fused-ring (bicyclic) bond motifs is 1. The van der Waals surface area contributed by atoms with Gasteiger partial charge in [0.2, 0.25) is 0 Å². The topological polar surface area (TPSA) is 98.4 Å². The van der Waals surface area contributed by atoms with E-state index in [0.717, 1.165) is 18.1 Å². The third-order valence-corrected chi connectivity index (χ3v) is 5.90. The van der Waals surface area contributed by atoms with Gasteiger partial charge >= 0.3 is 0 Å². The van der Waals surface area contributed by atoms with E-state index in [-0.39, 0.29) is 28.4 Å². The second-order valence-electron chi connectivity index (χ2n) is 8.24. The van der Waals surface area contributed by atoms with Gasteiger partial charge in [0.05, 0.1) is 30.6 Å². The number of amides is 1. The summed E-state index contributed by atoms with van der Waals surface area (Å²) in [4.78, 5) is 16.9. The van der Waals surface area contributed by atoms with Crippen LogP contribution in [0.4, 0.5) is 19.0 Å². The molecule has 4 heterocycles. The number of benzene rings is 1. The highest BCUT2D eigenvalue weighted by molar-refractivity contribution is 5.96. The van der Waals surface area contributed by atoms with Crippen molar-refractivity contribution in [3.05, 3.63) is 53.9 Å². The van der Waals surface area contributed by atoms with E-state index in [1.165, 1.54) is 23.8 Å². The van der Waals surface area contributed by atoms with Crippen molar-refractivity contribution in [3.63, 3.8) is 0 Å². The van der Waals surface area contributed by atoms with Crippen molar-refractivity contribution < 1.29 is 22.7 Å². The molecule has 9 nitrogen and oxygen atoms in total. The molecule has 0 unspecified atom stereocenters. The van der Waals surface area contributed by atoms with Crippen molar-refractivity contribution >= 4 is 17.4 Å². The Labute approximate surface area is 197 Å². The zero-order valence-corrected chi connectivity index (χ0v) is 18.9. The molecule has 3 aromatic heterocycles. The van der Waals surface area contributed by atoms with Crippen LogP contribution in [0.3, 0.4) is 0 Å². The molecule has 1 aliphatic rings. The molecule has 1 saturated heterocycles. The molecular weight excluding hydrogens is 463 g/mol. The van der Waals surface area contributed by atoms with Crippen molar-refractivity contribution in [3.8, 4) is 22.3 Å². The van der Waals surface area contributed by atoms with Crippen LogP contribution in [0.25, 0.3) is 27.9 Å². The van der Waals surface area contributed by atoms with E-state index in [0.29, 0.717) is 24.6 Å². The lowest BCUT2D eigenvalue weighted by molar-refractivity contribution is 0.0962. The molecule has 1 atom stereocenters. The molecule has 0 bridgehead atoms.